The van der Waals surface area contributed by atoms with Gasteiger partial charge >= 0.3 is 0 Å². The Balaban J connectivity index is 1.33. The first-order valence-electron chi connectivity index (χ1n) is 10.6. The first-order chi connectivity index (χ1) is 14.5. The zero-order valence-electron chi connectivity index (χ0n) is 17.2. The predicted octanol–water partition coefficient (Wildman–Crippen LogP) is 3.81. The van der Waals surface area contributed by atoms with Crippen LogP contribution in [0.4, 0.5) is 10.1 Å². The van der Waals surface area contributed by atoms with Crippen LogP contribution in [0.3, 0.4) is 0 Å². The van der Waals surface area contributed by atoms with Gasteiger partial charge in [0, 0.05) is 0 Å². The summed E-state index contributed by atoms with van der Waals surface area (Å²) in [6.07, 6.45) is 3.21. The fourth-order valence-corrected chi connectivity index (χ4v) is 4.45. The maximum absolute atomic E-state index is 13.2. The molecule has 2 aromatic rings. The Morgan fingerprint density at radius 2 is 1.67 bits per heavy atom. The normalized spacial score (nSPS) is 20.7. The van der Waals surface area contributed by atoms with Crippen molar-refractivity contribution in [3.63, 3.8) is 0 Å². The first-order valence-corrected chi connectivity index (χ1v) is 10.6. The number of amides is 2. The molecule has 4 rings (SSSR count). The quantitative estimate of drug-likeness (QED) is 0.680. The van der Waals surface area contributed by atoms with Gasteiger partial charge in [-0.1, -0.05) is 12.1 Å². The average molecular weight is 410 g/mol. The van der Waals surface area contributed by atoms with E-state index in [1.54, 1.807) is 0 Å². The van der Waals surface area contributed by atoms with Gasteiger partial charge in [-0.05, 0) is 87.2 Å². The van der Waals surface area contributed by atoms with Crippen molar-refractivity contribution in [2.24, 2.45) is 5.92 Å². The standard InChI is InChI=1S/C24H27FN2O3/c1-2-30-21-9-3-17(4-10-21)15-18-11-13-26(14-12-18)22-16-23(28)27(24(22)29)20-7-5-19(25)6-8-20/h3-10,18,22H,2,11-16H2,1H3. The lowest BCUT2D eigenvalue weighted by Crippen LogP contribution is -2.46. The van der Waals surface area contributed by atoms with E-state index < -0.39 is 6.04 Å². The first kappa shape index (κ1) is 20.5. The van der Waals surface area contributed by atoms with Crippen LogP contribution in [-0.4, -0.2) is 42.5 Å². The minimum absolute atomic E-state index is 0.194. The minimum Gasteiger partial charge on any atom is -0.494 e. The Morgan fingerprint density at radius 1 is 1.00 bits per heavy atom. The van der Waals surface area contributed by atoms with Crippen molar-refractivity contribution in [2.75, 3.05) is 24.6 Å². The van der Waals surface area contributed by atoms with E-state index >= 15 is 0 Å². The molecule has 0 spiro atoms. The molecule has 2 saturated heterocycles. The number of hydrogen-bond donors (Lipinski definition) is 0. The summed E-state index contributed by atoms with van der Waals surface area (Å²) < 4.78 is 18.7. The highest BCUT2D eigenvalue weighted by molar-refractivity contribution is 6.22. The highest BCUT2D eigenvalue weighted by Gasteiger charge is 2.43. The van der Waals surface area contributed by atoms with Gasteiger partial charge in [0.2, 0.25) is 5.91 Å². The third-order valence-electron chi connectivity index (χ3n) is 6.06. The number of halogens is 1. The van der Waals surface area contributed by atoms with Gasteiger partial charge in [0.15, 0.2) is 0 Å². The van der Waals surface area contributed by atoms with Gasteiger partial charge in [-0.2, -0.15) is 0 Å². The number of carbonyl (C=O) groups excluding carboxylic acids is 2. The molecule has 2 aromatic carbocycles. The second-order valence-corrected chi connectivity index (χ2v) is 8.02. The molecule has 5 nitrogen and oxygen atoms in total. The summed E-state index contributed by atoms with van der Waals surface area (Å²) in [7, 11) is 0. The Labute approximate surface area is 176 Å². The summed E-state index contributed by atoms with van der Waals surface area (Å²) >= 11 is 0. The van der Waals surface area contributed by atoms with E-state index in [4.69, 9.17) is 4.74 Å². The van der Waals surface area contributed by atoms with Crippen LogP contribution in [0.25, 0.3) is 0 Å². The zero-order valence-corrected chi connectivity index (χ0v) is 17.2. The third-order valence-corrected chi connectivity index (χ3v) is 6.06. The molecule has 0 bridgehead atoms. The van der Waals surface area contributed by atoms with Crippen molar-refractivity contribution in [2.45, 2.75) is 38.6 Å². The van der Waals surface area contributed by atoms with Crippen LogP contribution in [0.15, 0.2) is 48.5 Å². The lowest BCUT2D eigenvalue weighted by molar-refractivity contribution is -0.123. The van der Waals surface area contributed by atoms with E-state index in [0.717, 1.165) is 38.1 Å². The highest BCUT2D eigenvalue weighted by atomic mass is 19.1. The predicted molar refractivity (Wildman–Crippen MR) is 113 cm³/mol. The number of anilines is 1. The summed E-state index contributed by atoms with van der Waals surface area (Å²) in [6, 6.07) is 13.4. The van der Waals surface area contributed by atoms with Crippen LogP contribution in [-0.2, 0) is 16.0 Å². The fourth-order valence-electron chi connectivity index (χ4n) is 4.45. The van der Waals surface area contributed by atoms with Crippen molar-refractivity contribution >= 4 is 17.5 Å². The smallest absolute Gasteiger partial charge is 0.251 e. The maximum Gasteiger partial charge on any atom is 0.251 e. The van der Waals surface area contributed by atoms with Gasteiger partial charge in [-0.15, -0.1) is 0 Å². The van der Waals surface area contributed by atoms with Gasteiger partial charge in [0.25, 0.3) is 5.91 Å². The van der Waals surface area contributed by atoms with Crippen molar-refractivity contribution < 1.29 is 18.7 Å². The largest absolute Gasteiger partial charge is 0.494 e. The summed E-state index contributed by atoms with van der Waals surface area (Å²) in [5, 5.41) is 0. The SMILES string of the molecule is CCOc1ccc(CC2CCN(C3CC(=O)N(c4ccc(F)cc4)C3=O)CC2)cc1. The van der Waals surface area contributed by atoms with Crippen LogP contribution in [0.5, 0.6) is 5.75 Å². The van der Waals surface area contributed by atoms with Crippen molar-refractivity contribution in [1.82, 2.24) is 4.90 Å². The third kappa shape index (κ3) is 4.38. The number of benzene rings is 2. The van der Waals surface area contributed by atoms with Gasteiger partial charge in [0.1, 0.15) is 11.6 Å². The fraction of sp³-hybridized carbons (Fsp3) is 0.417. The second kappa shape index (κ2) is 8.96. The van der Waals surface area contributed by atoms with Gasteiger partial charge in [0.05, 0.1) is 24.8 Å². The monoisotopic (exact) mass is 410 g/mol. The van der Waals surface area contributed by atoms with E-state index in [-0.39, 0.29) is 24.1 Å². The summed E-state index contributed by atoms with van der Waals surface area (Å²) in [4.78, 5) is 28.7. The van der Waals surface area contributed by atoms with E-state index in [0.29, 0.717) is 18.2 Å². The Hall–Kier alpha value is -2.73. The molecule has 6 heteroatoms. The minimum atomic E-state index is -0.408. The molecular weight excluding hydrogens is 383 g/mol. The van der Waals surface area contributed by atoms with Gasteiger partial charge < -0.3 is 4.74 Å². The second-order valence-electron chi connectivity index (χ2n) is 8.02. The average Bonchev–Trinajstić information content (AvgIpc) is 3.05. The number of carbonyl (C=O) groups is 2. The molecule has 1 atom stereocenters. The molecular formula is C24H27FN2O3. The summed E-state index contributed by atoms with van der Waals surface area (Å²) in [6.45, 7) is 4.26. The molecule has 0 N–H and O–H groups in total. The lowest BCUT2D eigenvalue weighted by Gasteiger charge is -2.34. The van der Waals surface area contributed by atoms with Crippen molar-refractivity contribution in [3.8, 4) is 5.75 Å². The number of piperidine rings is 1. The molecule has 1 unspecified atom stereocenters. The number of hydrogen-bond acceptors (Lipinski definition) is 4. The number of ether oxygens (including phenoxy) is 1. The van der Waals surface area contributed by atoms with Crippen LogP contribution in [0.1, 0.15) is 31.7 Å². The molecule has 2 fully saturated rings. The molecule has 2 amide bonds. The zero-order chi connectivity index (χ0) is 21.1. The maximum atomic E-state index is 13.2. The highest BCUT2D eigenvalue weighted by Crippen LogP contribution is 2.30. The van der Waals surface area contributed by atoms with Crippen LogP contribution in [0.2, 0.25) is 0 Å². The number of likely N-dealkylation sites (tertiary alicyclic amines) is 1. The van der Waals surface area contributed by atoms with E-state index in [2.05, 4.69) is 17.0 Å². The molecule has 0 saturated carbocycles. The van der Waals surface area contributed by atoms with Crippen molar-refractivity contribution in [3.05, 3.63) is 59.9 Å². The molecule has 0 aromatic heterocycles. The number of nitrogens with zero attached hydrogens (tertiary/aromatic N) is 2. The molecule has 30 heavy (non-hydrogen) atoms. The Kier molecular flexibility index (Phi) is 6.13. The number of rotatable bonds is 6. The lowest BCUT2D eigenvalue weighted by atomic mass is 9.89. The number of imide groups is 1. The van der Waals surface area contributed by atoms with Gasteiger partial charge in [-0.3, -0.25) is 14.5 Å². The van der Waals surface area contributed by atoms with Gasteiger partial charge in [-0.25, -0.2) is 9.29 Å². The van der Waals surface area contributed by atoms with Crippen molar-refractivity contribution in [1.29, 1.82) is 0 Å². The van der Waals surface area contributed by atoms with E-state index in [1.165, 1.54) is 34.7 Å². The van der Waals surface area contributed by atoms with Crippen LogP contribution < -0.4 is 9.64 Å². The molecule has 0 radical (unpaired) electrons. The molecule has 158 valence electrons. The van der Waals surface area contributed by atoms with E-state index in [1.807, 2.05) is 19.1 Å². The Bertz CT molecular complexity index is 890. The topological polar surface area (TPSA) is 49.9 Å². The molecule has 2 aliphatic heterocycles. The molecule has 2 heterocycles. The molecule has 0 aliphatic carbocycles. The van der Waals surface area contributed by atoms with Crippen LogP contribution in [0, 0.1) is 11.7 Å². The Morgan fingerprint density at radius 3 is 2.30 bits per heavy atom. The van der Waals surface area contributed by atoms with E-state index in [9.17, 15) is 14.0 Å². The summed E-state index contributed by atoms with van der Waals surface area (Å²) in [5.74, 6) is 0.666. The molecule has 2 aliphatic rings. The van der Waals surface area contributed by atoms with Crippen LogP contribution >= 0.6 is 0 Å². The summed E-state index contributed by atoms with van der Waals surface area (Å²) in [5.41, 5.74) is 1.74.